The third-order valence-corrected chi connectivity index (χ3v) is 7.08. The zero-order chi connectivity index (χ0) is 19.6. The average Bonchev–Trinajstić information content (AvgIpc) is 3.20. The van der Waals surface area contributed by atoms with E-state index in [0.29, 0.717) is 0 Å². The van der Waals surface area contributed by atoms with E-state index >= 15 is 0 Å². The quantitative estimate of drug-likeness (QED) is 0.826. The number of amides is 1. The standard InChI is InChI=1S/C21H35N5O2/c1-3-24-9-4-5-17(13-24)14-25-11-7-21(8-12-25)20-18(22-16-23-20)6-10-26(21)19(27)15-28-2/h16-17H,3-15H2,1-2H3,(H,22,23)/t17-/m0/s1. The van der Waals surface area contributed by atoms with Crippen LogP contribution in [0.4, 0.5) is 0 Å². The number of H-pyrrole nitrogens is 1. The molecule has 2 fully saturated rings. The van der Waals surface area contributed by atoms with Crippen molar-refractivity contribution in [2.24, 2.45) is 5.92 Å². The molecule has 1 aromatic heterocycles. The second-order valence-electron chi connectivity index (χ2n) is 8.69. The summed E-state index contributed by atoms with van der Waals surface area (Å²) in [5.74, 6) is 0.872. The van der Waals surface area contributed by atoms with Gasteiger partial charge in [-0.2, -0.15) is 0 Å². The van der Waals surface area contributed by atoms with Gasteiger partial charge < -0.3 is 24.4 Å². The highest BCUT2D eigenvalue weighted by Gasteiger charge is 2.48. The normalized spacial score (nSPS) is 25.8. The molecule has 3 aliphatic rings. The van der Waals surface area contributed by atoms with Crippen LogP contribution in [0.2, 0.25) is 0 Å². The lowest BCUT2D eigenvalue weighted by Gasteiger charge is -2.51. The van der Waals surface area contributed by atoms with Gasteiger partial charge in [0.2, 0.25) is 5.91 Å². The van der Waals surface area contributed by atoms with Gasteiger partial charge in [0.25, 0.3) is 0 Å². The summed E-state index contributed by atoms with van der Waals surface area (Å²) in [5, 5.41) is 0. The smallest absolute Gasteiger partial charge is 0.249 e. The Morgan fingerprint density at radius 1 is 1.29 bits per heavy atom. The van der Waals surface area contributed by atoms with Gasteiger partial charge in [-0.05, 0) is 44.7 Å². The number of imidazole rings is 1. The molecule has 4 rings (SSSR count). The van der Waals surface area contributed by atoms with E-state index in [1.807, 2.05) is 0 Å². The Kier molecular flexibility index (Phi) is 6.04. The second kappa shape index (κ2) is 8.51. The summed E-state index contributed by atoms with van der Waals surface area (Å²) in [6, 6.07) is 0. The maximum atomic E-state index is 12.8. The van der Waals surface area contributed by atoms with Crippen LogP contribution in [0.5, 0.6) is 0 Å². The van der Waals surface area contributed by atoms with Crippen molar-refractivity contribution in [2.45, 2.75) is 44.6 Å². The first-order valence-electron chi connectivity index (χ1n) is 10.9. The lowest BCUT2D eigenvalue weighted by Crippen LogP contribution is -2.59. The molecule has 1 N–H and O–H groups in total. The summed E-state index contributed by atoms with van der Waals surface area (Å²) in [7, 11) is 1.60. The van der Waals surface area contributed by atoms with Crippen molar-refractivity contribution in [3.63, 3.8) is 0 Å². The highest BCUT2D eigenvalue weighted by atomic mass is 16.5. The molecule has 4 heterocycles. The number of aromatic nitrogens is 2. The third-order valence-electron chi connectivity index (χ3n) is 7.08. The highest BCUT2D eigenvalue weighted by molar-refractivity contribution is 5.79. The molecule has 7 nitrogen and oxygen atoms in total. The minimum absolute atomic E-state index is 0.0930. The van der Waals surface area contributed by atoms with E-state index in [2.05, 4.69) is 31.6 Å². The van der Waals surface area contributed by atoms with E-state index < -0.39 is 0 Å². The predicted octanol–water partition coefficient (Wildman–Crippen LogP) is 1.46. The van der Waals surface area contributed by atoms with Gasteiger partial charge in [-0.1, -0.05) is 6.92 Å². The zero-order valence-corrected chi connectivity index (χ0v) is 17.5. The molecule has 1 spiro atoms. The van der Waals surface area contributed by atoms with Crippen LogP contribution in [0, 0.1) is 5.92 Å². The Morgan fingerprint density at radius 2 is 2.11 bits per heavy atom. The number of aromatic amines is 1. The lowest BCUT2D eigenvalue weighted by molar-refractivity contribution is -0.146. The predicted molar refractivity (Wildman–Crippen MR) is 108 cm³/mol. The SMILES string of the molecule is CCN1CCC[C@H](CN2CCC3(CC2)c2nc[nH]c2CCN3C(=O)COC)C1. The number of carbonyl (C=O) groups excluding carboxylic acids is 1. The second-order valence-corrected chi connectivity index (χ2v) is 8.69. The fourth-order valence-electron chi connectivity index (χ4n) is 5.61. The maximum absolute atomic E-state index is 12.8. The molecule has 0 unspecified atom stereocenters. The minimum Gasteiger partial charge on any atom is -0.375 e. The third kappa shape index (κ3) is 3.72. The van der Waals surface area contributed by atoms with Gasteiger partial charge in [0, 0.05) is 51.9 Å². The van der Waals surface area contributed by atoms with Crippen LogP contribution < -0.4 is 0 Å². The number of fused-ring (bicyclic) bond motifs is 2. The molecule has 156 valence electrons. The zero-order valence-electron chi connectivity index (χ0n) is 17.5. The van der Waals surface area contributed by atoms with Crippen molar-refractivity contribution in [1.82, 2.24) is 24.7 Å². The number of hydrogen-bond acceptors (Lipinski definition) is 5. The number of carbonyl (C=O) groups is 1. The number of methoxy groups -OCH3 is 1. The monoisotopic (exact) mass is 389 g/mol. The number of hydrogen-bond donors (Lipinski definition) is 1. The van der Waals surface area contributed by atoms with Gasteiger partial charge >= 0.3 is 0 Å². The van der Waals surface area contributed by atoms with E-state index in [4.69, 9.17) is 4.74 Å². The first-order valence-corrected chi connectivity index (χ1v) is 10.9. The van der Waals surface area contributed by atoms with Crippen molar-refractivity contribution in [2.75, 3.05) is 59.5 Å². The fraction of sp³-hybridized carbons (Fsp3) is 0.810. The molecule has 1 aromatic rings. The number of nitrogens with one attached hydrogen (secondary N) is 1. The van der Waals surface area contributed by atoms with Crippen LogP contribution in [0.1, 0.15) is 44.0 Å². The molecule has 0 bridgehead atoms. The van der Waals surface area contributed by atoms with Gasteiger partial charge in [0.05, 0.1) is 17.6 Å². The topological polar surface area (TPSA) is 64.7 Å². The van der Waals surface area contributed by atoms with Crippen LogP contribution in [-0.2, 0) is 21.5 Å². The molecular formula is C21H35N5O2. The summed E-state index contributed by atoms with van der Waals surface area (Å²) in [6.45, 7) is 10.1. The fourth-order valence-corrected chi connectivity index (χ4v) is 5.61. The molecule has 0 radical (unpaired) electrons. The lowest BCUT2D eigenvalue weighted by atomic mass is 9.78. The summed E-state index contributed by atoms with van der Waals surface area (Å²) >= 11 is 0. The van der Waals surface area contributed by atoms with Crippen LogP contribution in [0.15, 0.2) is 6.33 Å². The molecule has 2 saturated heterocycles. The van der Waals surface area contributed by atoms with E-state index in [1.54, 1.807) is 13.4 Å². The van der Waals surface area contributed by atoms with Crippen LogP contribution in [0.25, 0.3) is 0 Å². The number of likely N-dealkylation sites (tertiary alicyclic amines) is 2. The minimum atomic E-state index is -0.262. The molecule has 0 aliphatic carbocycles. The average molecular weight is 390 g/mol. The van der Waals surface area contributed by atoms with E-state index in [-0.39, 0.29) is 18.1 Å². The Hall–Kier alpha value is -1.44. The summed E-state index contributed by atoms with van der Waals surface area (Å²) in [6.07, 6.45) is 7.25. The molecule has 7 heteroatoms. The Morgan fingerprint density at radius 3 is 2.86 bits per heavy atom. The Labute approximate surface area is 168 Å². The number of piperidine rings is 2. The van der Waals surface area contributed by atoms with Crippen LogP contribution in [0.3, 0.4) is 0 Å². The molecule has 1 atom stereocenters. The molecule has 3 aliphatic heterocycles. The van der Waals surface area contributed by atoms with Crippen molar-refractivity contribution in [1.29, 1.82) is 0 Å². The van der Waals surface area contributed by atoms with Gasteiger partial charge in [-0.25, -0.2) is 4.98 Å². The van der Waals surface area contributed by atoms with Crippen molar-refractivity contribution in [3.05, 3.63) is 17.7 Å². The maximum Gasteiger partial charge on any atom is 0.249 e. The summed E-state index contributed by atoms with van der Waals surface area (Å²) in [5.41, 5.74) is 2.04. The first-order chi connectivity index (χ1) is 13.7. The Bertz CT molecular complexity index is 668. The van der Waals surface area contributed by atoms with Gasteiger partial charge in [-0.3, -0.25) is 4.79 Å². The van der Waals surface area contributed by atoms with E-state index in [9.17, 15) is 4.79 Å². The molecule has 0 aromatic carbocycles. The van der Waals surface area contributed by atoms with Crippen molar-refractivity contribution >= 4 is 5.91 Å². The molecule has 1 amide bonds. The first kappa shape index (κ1) is 19.9. The van der Waals surface area contributed by atoms with Crippen molar-refractivity contribution < 1.29 is 9.53 Å². The number of rotatable bonds is 5. The van der Waals surface area contributed by atoms with Crippen molar-refractivity contribution in [3.8, 4) is 0 Å². The van der Waals surface area contributed by atoms with Crippen LogP contribution in [-0.4, -0.2) is 90.1 Å². The Balaban J connectivity index is 1.45. The largest absolute Gasteiger partial charge is 0.375 e. The van der Waals surface area contributed by atoms with Gasteiger partial charge in [0.1, 0.15) is 6.61 Å². The highest BCUT2D eigenvalue weighted by Crippen LogP contribution is 2.42. The van der Waals surface area contributed by atoms with Gasteiger partial charge in [0.15, 0.2) is 0 Å². The summed E-state index contributed by atoms with van der Waals surface area (Å²) in [4.78, 5) is 28.1. The number of nitrogens with zero attached hydrogens (tertiary/aromatic N) is 4. The molecule has 28 heavy (non-hydrogen) atoms. The van der Waals surface area contributed by atoms with Crippen LogP contribution >= 0.6 is 0 Å². The van der Waals surface area contributed by atoms with E-state index in [0.717, 1.165) is 57.1 Å². The van der Waals surface area contributed by atoms with E-state index in [1.165, 1.54) is 38.2 Å². The summed E-state index contributed by atoms with van der Waals surface area (Å²) < 4.78 is 5.17. The molecular weight excluding hydrogens is 354 g/mol. The van der Waals surface area contributed by atoms with Gasteiger partial charge in [-0.15, -0.1) is 0 Å². The molecule has 0 saturated carbocycles. The number of ether oxygens (including phenoxy) is 1.